The summed E-state index contributed by atoms with van der Waals surface area (Å²) in [5.41, 5.74) is 1.91. The Morgan fingerprint density at radius 3 is 2.27 bits per heavy atom. The molecule has 26 heavy (non-hydrogen) atoms. The number of hydrogen-bond donors (Lipinski definition) is 1. The van der Waals surface area contributed by atoms with Crippen molar-refractivity contribution in [2.45, 2.75) is 4.90 Å². The Labute approximate surface area is 161 Å². The summed E-state index contributed by atoms with van der Waals surface area (Å²) in [4.78, 5) is 25.5. The fraction of sp³-hybridized carbons (Fsp3) is 0.0476. The molecule has 0 fully saturated rings. The Morgan fingerprint density at radius 1 is 0.846 bits per heavy atom. The normalized spacial score (nSPS) is 10.3. The molecule has 130 valence electrons. The van der Waals surface area contributed by atoms with E-state index in [4.69, 9.17) is 11.6 Å². The number of carbonyl (C=O) groups excluding carboxylic acids is 2. The van der Waals surface area contributed by atoms with Crippen molar-refractivity contribution in [3.05, 3.63) is 95.0 Å². The summed E-state index contributed by atoms with van der Waals surface area (Å²) in [7, 11) is 0. The number of Topliss-reactive ketones (excluding diaryl/α,β-unsaturated/α-hetero) is 1. The van der Waals surface area contributed by atoms with Gasteiger partial charge in [-0.1, -0.05) is 48.0 Å². The highest BCUT2D eigenvalue weighted by Gasteiger charge is 2.09. The fourth-order valence-corrected chi connectivity index (χ4v) is 3.30. The summed E-state index contributed by atoms with van der Waals surface area (Å²) in [6.07, 6.45) is 0. The number of halogens is 1. The standard InChI is InChI=1S/C21H16ClNO2S/c22-17-9-11-18(12-10-17)23-21(25)16-7-4-8-19(13-16)26-14-20(24)15-5-2-1-3-6-15/h1-13H,14H2,(H,23,25). The van der Waals surface area contributed by atoms with E-state index >= 15 is 0 Å². The second kappa shape index (κ2) is 8.70. The lowest BCUT2D eigenvalue weighted by Gasteiger charge is -2.07. The Kier molecular flexibility index (Phi) is 6.10. The van der Waals surface area contributed by atoms with Crippen LogP contribution in [-0.4, -0.2) is 17.4 Å². The first-order valence-corrected chi connectivity index (χ1v) is 9.36. The molecule has 5 heteroatoms. The number of amides is 1. The van der Waals surface area contributed by atoms with Crippen LogP contribution in [0.2, 0.25) is 5.02 Å². The van der Waals surface area contributed by atoms with Gasteiger partial charge in [-0.2, -0.15) is 0 Å². The third-order valence-electron chi connectivity index (χ3n) is 3.66. The quantitative estimate of drug-likeness (QED) is 0.448. The predicted octanol–water partition coefficient (Wildman–Crippen LogP) is 5.57. The molecule has 0 bridgehead atoms. The molecule has 0 aliphatic rings. The highest BCUT2D eigenvalue weighted by molar-refractivity contribution is 8.00. The van der Waals surface area contributed by atoms with Crippen LogP contribution in [0.25, 0.3) is 0 Å². The molecule has 0 heterocycles. The second-order valence-electron chi connectivity index (χ2n) is 5.57. The number of benzene rings is 3. The van der Waals surface area contributed by atoms with Gasteiger partial charge in [-0.3, -0.25) is 9.59 Å². The van der Waals surface area contributed by atoms with Crippen LogP contribution in [-0.2, 0) is 0 Å². The summed E-state index contributed by atoms with van der Waals surface area (Å²) in [5, 5.41) is 3.44. The van der Waals surface area contributed by atoms with Crippen LogP contribution in [0.15, 0.2) is 83.8 Å². The van der Waals surface area contributed by atoms with Crippen molar-refractivity contribution in [3.63, 3.8) is 0 Å². The average Bonchev–Trinajstić information content (AvgIpc) is 2.69. The summed E-state index contributed by atoms with van der Waals surface area (Å²) >= 11 is 7.26. The van der Waals surface area contributed by atoms with Gasteiger partial charge in [0.25, 0.3) is 5.91 Å². The lowest BCUT2D eigenvalue weighted by molar-refractivity contribution is 0.101. The van der Waals surface area contributed by atoms with Crippen LogP contribution >= 0.6 is 23.4 Å². The van der Waals surface area contributed by atoms with Gasteiger partial charge in [-0.05, 0) is 42.5 Å². The molecule has 1 N–H and O–H groups in total. The van der Waals surface area contributed by atoms with E-state index in [-0.39, 0.29) is 11.7 Å². The number of carbonyl (C=O) groups is 2. The third-order valence-corrected chi connectivity index (χ3v) is 4.91. The van der Waals surface area contributed by atoms with Crippen molar-refractivity contribution in [2.24, 2.45) is 0 Å². The van der Waals surface area contributed by atoms with Crippen molar-refractivity contribution in [1.82, 2.24) is 0 Å². The Bertz CT molecular complexity index is 911. The highest BCUT2D eigenvalue weighted by atomic mass is 35.5. The van der Waals surface area contributed by atoms with E-state index < -0.39 is 0 Å². The van der Waals surface area contributed by atoms with E-state index in [0.717, 1.165) is 4.90 Å². The van der Waals surface area contributed by atoms with Crippen LogP contribution < -0.4 is 5.32 Å². The number of thioether (sulfide) groups is 1. The molecule has 3 nitrogen and oxygen atoms in total. The number of ketones is 1. The first-order chi connectivity index (χ1) is 12.6. The lowest BCUT2D eigenvalue weighted by atomic mass is 10.2. The molecule has 3 aromatic rings. The number of anilines is 1. The fourth-order valence-electron chi connectivity index (χ4n) is 2.32. The molecule has 0 aliphatic carbocycles. The molecule has 0 atom stereocenters. The first kappa shape index (κ1) is 18.2. The Morgan fingerprint density at radius 2 is 1.54 bits per heavy atom. The van der Waals surface area contributed by atoms with E-state index in [0.29, 0.717) is 27.6 Å². The molecular weight excluding hydrogens is 366 g/mol. The van der Waals surface area contributed by atoms with E-state index in [9.17, 15) is 9.59 Å². The molecular formula is C21H16ClNO2S. The van der Waals surface area contributed by atoms with Gasteiger partial charge >= 0.3 is 0 Å². The number of hydrogen-bond acceptors (Lipinski definition) is 3. The highest BCUT2D eigenvalue weighted by Crippen LogP contribution is 2.21. The van der Waals surface area contributed by atoms with E-state index in [1.807, 2.05) is 30.3 Å². The van der Waals surface area contributed by atoms with Crippen LogP contribution in [0.3, 0.4) is 0 Å². The van der Waals surface area contributed by atoms with Gasteiger partial charge < -0.3 is 5.32 Å². The van der Waals surface area contributed by atoms with Crippen molar-refractivity contribution < 1.29 is 9.59 Å². The monoisotopic (exact) mass is 381 g/mol. The zero-order valence-electron chi connectivity index (χ0n) is 13.8. The van der Waals surface area contributed by atoms with E-state index in [1.54, 1.807) is 48.5 Å². The van der Waals surface area contributed by atoms with Crippen LogP contribution in [0.4, 0.5) is 5.69 Å². The molecule has 3 rings (SSSR count). The van der Waals surface area contributed by atoms with Gasteiger partial charge in [0.2, 0.25) is 0 Å². The Balaban J connectivity index is 1.63. The van der Waals surface area contributed by atoms with Crippen LogP contribution in [0.5, 0.6) is 0 Å². The van der Waals surface area contributed by atoms with Crippen LogP contribution in [0, 0.1) is 0 Å². The van der Waals surface area contributed by atoms with Gasteiger partial charge in [0, 0.05) is 26.7 Å². The smallest absolute Gasteiger partial charge is 0.255 e. The van der Waals surface area contributed by atoms with Crippen molar-refractivity contribution in [3.8, 4) is 0 Å². The summed E-state index contributed by atoms with van der Waals surface area (Å²) in [6, 6.07) is 23.4. The van der Waals surface area contributed by atoms with Gasteiger partial charge in [0.1, 0.15) is 0 Å². The maximum atomic E-state index is 12.4. The summed E-state index contributed by atoms with van der Waals surface area (Å²) in [6.45, 7) is 0. The number of nitrogens with one attached hydrogen (secondary N) is 1. The van der Waals surface area contributed by atoms with Gasteiger partial charge in [0.05, 0.1) is 5.75 Å². The maximum absolute atomic E-state index is 12.4. The zero-order chi connectivity index (χ0) is 18.4. The Hall–Kier alpha value is -2.56. The SMILES string of the molecule is O=C(CSc1cccc(C(=O)Nc2ccc(Cl)cc2)c1)c1ccccc1. The molecule has 0 aliphatic heterocycles. The molecule has 1 amide bonds. The first-order valence-electron chi connectivity index (χ1n) is 8.00. The van der Waals surface area contributed by atoms with E-state index in [1.165, 1.54) is 11.8 Å². The minimum Gasteiger partial charge on any atom is -0.322 e. The molecule has 3 aromatic carbocycles. The van der Waals surface area contributed by atoms with Gasteiger partial charge in [0.15, 0.2) is 5.78 Å². The zero-order valence-corrected chi connectivity index (χ0v) is 15.4. The molecule has 0 spiro atoms. The molecule has 0 saturated heterocycles. The minimum atomic E-state index is -0.204. The second-order valence-corrected chi connectivity index (χ2v) is 7.05. The third kappa shape index (κ3) is 4.97. The molecule has 0 aromatic heterocycles. The predicted molar refractivity (Wildman–Crippen MR) is 107 cm³/mol. The average molecular weight is 382 g/mol. The molecule has 0 radical (unpaired) electrons. The maximum Gasteiger partial charge on any atom is 0.255 e. The number of rotatable bonds is 6. The van der Waals surface area contributed by atoms with Crippen molar-refractivity contribution in [1.29, 1.82) is 0 Å². The summed E-state index contributed by atoms with van der Waals surface area (Å²) < 4.78 is 0. The van der Waals surface area contributed by atoms with Gasteiger partial charge in [-0.25, -0.2) is 0 Å². The lowest BCUT2D eigenvalue weighted by Crippen LogP contribution is -2.11. The van der Waals surface area contributed by atoms with Gasteiger partial charge in [-0.15, -0.1) is 11.8 Å². The summed E-state index contributed by atoms with van der Waals surface area (Å²) in [5.74, 6) is 0.183. The molecule has 0 saturated carbocycles. The molecule has 0 unspecified atom stereocenters. The van der Waals surface area contributed by atoms with Crippen LogP contribution in [0.1, 0.15) is 20.7 Å². The largest absolute Gasteiger partial charge is 0.322 e. The van der Waals surface area contributed by atoms with E-state index in [2.05, 4.69) is 5.32 Å². The van der Waals surface area contributed by atoms with Crippen molar-refractivity contribution in [2.75, 3.05) is 11.1 Å². The minimum absolute atomic E-state index is 0.0617. The van der Waals surface area contributed by atoms with Crippen molar-refractivity contribution >= 4 is 40.7 Å². The topological polar surface area (TPSA) is 46.2 Å².